The molecule has 2 aliphatic rings. The van der Waals surface area contributed by atoms with Crippen molar-refractivity contribution in [2.24, 2.45) is 0 Å². The molecule has 4 rings (SSSR count). The summed E-state index contributed by atoms with van der Waals surface area (Å²) < 4.78 is 6.35. The zero-order chi connectivity index (χ0) is 17.4. The number of anilines is 1. The van der Waals surface area contributed by atoms with Crippen LogP contribution in [0.3, 0.4) is 0 Å². The van der Waals surface area contributed by atoms with Crippen molar-refractivity contribution in [1.29, 1.82) is 0 Å². The fourth-order valence-corrected chi connectivity index (χ4v) is 3.72. The van der Waals surface area contributed by atoms with E-state index in [-0.39, 0.29) is 5.56 Å². The van der Waals surface area contributed by atoms with Crippen LogP contribution < -0.4 is 15.2 Å². The number of likely N-dealkylation sites (tertiary alicyclic amines) is 1. The van der Waals surface area contributed by atoms with Crippen LogP contribution in [-0.2, 0) is 13.1 Å². The molecule has 0 atom stereocenters. The molecule has 0 bridgehead atoms. The highest BCUT2D eigenvalue weighted by atomic mass is 16.5. The van der Waals surface area contributed by atoms with Crippen LogP contribution >= 0.6 is 0 Å². The molecule has 2 aliphatic heterocycles. The highest BCUT2D eigenvalue weighted by molar-refractivity contribution is 5.57. The number of H-pyrrole nitrogens is 1. The molecule has 132 valence electrons. The Labute approximate surface area is 147 Å². The van der Waals surface area contributed by atoms with Crippen molar-refractivity contribution in [3.63, 3.8) is 0 Å². The number of ether oxygens (including phenoxy) is 1. The molecule has 2 aromatic rings. The van der Waals surface area contributed by atoms with E-state index in [0.717, 1.165) is 50.5 Å². The number of nitrogens with one attached hydrogen (secondary N) is 1. The lowest BCUT2D eigenvalue weighted by Crippen LogP contribution is -2.35. The van der Waals surface area contributed by atoms with E-state index in [0.29, 0.717) is 11.7 Å². The van der Waals surface area contributed by atoms with Gasteiger partial charge in [0.1, 0.15) is 11.9 Å². The molecule has 1 fully saturated rings. The maximum absolute atomic E-state index is 11.9. The monoisotopic (exact) mass is 340 g/mol. The van der Waals surface area contributed by atoms with E-state index in [9.17, 15) is 4.79 Å². The fourth-order valence-electron chi connectivity index (χ4n) is 3.72. The summed E-state index contributed by atoms with van der Waals surface area (Å²) in [5.74, 6) is 0.991. The van der Waals surface area contributed by atoms with E-state index in [4.69, 9.17) is 4.74 Å². The Morgan fingerprint density at radius 1 is 1.24 bits per heavy atom. The minimum atomic E-state index is -0.128. The van der Waals surface area contributed by atoms with Crippen LogP contribution in [0.15, 0.2) is 29.2 Å². The topological polar surface area (TPSA) is 61.5 Å². The van der Waals surface area contributed by atoms with Crippen molar-refractivity contribution in [2.75, 3.05) is 25.0 Å². The normalized spacial score (nSPS) is 18.4. The molecule has 0 spiro atoms. The van der Waals surface area contributed by atoms with Gasteiger partial charge < -0.3 is 14.5 Å². The smallest absolute Gasteiger partial charge is 0.269 e. The molecule has 0 aliphatic carbocycles. The zero-order valence-electron chi connectivity index (χ0n) is 14.8. The number of piperidine rings is 1. The summed E-state index contributed by atoms with van der Waals surface area (Å²) in [5.41, 5.74) is 3.98. The lowest BCUT2D eigenvalue weighted by Gasteiger charge is -2.30. The van der Waals surface area contributed by atoms with Crippen molar-refractivity contribution in [3.05, 3.63) is 51.4 Å². The maximum atomic E-state index is 11.9. The first-order valence-electron chi connectivity index (χ1n) is 8.87. The van der Waals surface area contributed by atoms with Gasteiger partial charge in [-0.25, -0.2) is 5.10 Å². The SMILES string of the molecule is Cc1c(N2Cc3cccc(OC4CCN(C)CC4)c3C2)cn[nH]c1=O. The van der Waals surface area contributed by atoms with Gasteiger partial charge in [-0.2, -0.15) is 5.10 Å². The molecular formula is C19H24N4O2. The molecule has 1 aromatic heterocycles. The van der Waals surface area contributed by atoms with Crippen LogP contribution in [0, 0.1) is 6.92 Å². The summed E-state index contributed by atoms with van der Waals surface area (Å²) in [6.07, 6.45) is 4.17. The highest BCUT2D eigenvalue weighted by Gasteiger charge is 2.26. The van der Waals surface area contributed by atoms with Crippen molar-refractivity contribution >= 4 is 5.69 Å². The third-order valence-corrected chi connectivity index (χ3v) is 5.32. The standard InChI is InChI=1S/C19H24N4O2/c1-13-17(10-20-21-19(13)24)23-11-14-4-3-5-18(16(14)12-23)25-15-6-8-22(2)9-7-15/h3-5,10,15H,6-9,11-12H2,1-2H3,(H,21,24). The molecule has 0 amide bonds. The number of aromatic amines is 1. The predicted molar refractivity (Wildman–Crippen MR) is 97.1 cm³/mol. The van der Waals surface area contributed by atoms with Crippen LogP contribution in [0.25, 0.3) is 0 Å². The van der Waals surface area contributed by atoms with Gasteiger partial charge in [0.2, 0.25) is 0 Å². The molecule has 3 heterocycles. The number of aromatic nitrogens is 2. The molecule has 0 unspecified atom stereocenters. The Balaban J connectivity index is 1.55. The summed E-state index contributed by atoms with van der Waals surface area (Å²) in [7, 11) is 2.16. The van der Waals surface area contributed by atoms with Crippen molar-refractivity contribution in [2.45, 2.75) is 39.0 Å². The minimum Gasteiger partial charge on any atom is -0.490 e. The molecule has 6 heteroatoms. The Bertz CT molecular complexity index is 824. The maximum Gasteiger partial charge on any atom is 0.269 e. The second-order valence-electron chi connectivity index (χ2n) is 7.08. The van der Waals surface area contributed by atoms with Gasteiger partial charge in [0.25, 0.3) is 5.56 Å². The largest absolute Gasteiger partial charge is 0.490 e. The molecule has 0 saturated carbocycles. The first-order chi connectivity index (χ1) is 12.1. The minimum absolute atomic E-state index is 0.128. The molecule has 0 radical (unpaired) electrons. The first kappa shape index (κ1) is 16.1. The molecule has 1 saturated heterocycles. The van der Waals surface area contributed by atoms with Crippen LogP contribution in [0.4, 0.5) is 5.69 Å². The van der Waals surface area contributed by atoms with Crippen LogP contribution in [-0.4, -0.2) is 41.3 Å². The average molecular weight is 340 g/mol. The Morgan fingerprint density at radius 2 is 2.04 bits per heavy atom. The molecule has 1 aromatic carbocycles. The number of hydrogen-bond acceptors (Lipinski definition) is 5. The van der Waals surface area contributed by atoms with E-state index < -0.39 is 0 Å². The summed E-state index contributed by atoms with van der Waals surface area (Å²) in [6, 6.07) is 6.28. The Kier molecular flexibility index (Phi) is 4.21. The number of hydrogen-bond donors (Lipinski definition) is 1. The number of rotatable bonds is 3. The number of benzene rings is 1. The molecule has 25 heavy (non-hydrogen) atoms. The zero-order valence-corrected chi connectivity index (χ0v) is 14.8. The third kappa shape index (κ3) is 3.14. The highest BCUT2D eigenvalue weighted by Crippen LogP contribution is 2.35. The van der Waals surface area contributed by atoms with Crippen molar-refractivity contribution in [3.8, 4) is 5.75 Å². The lowest BCUT2D eigenvalue weighted by atomic mass is 10.1. The number of nitrogens with zero attached hydrogens (tertiary/aromatic N) is 3. The Morgan fingerprint density at radius 3 is 2.84 bits per heavy atom. The van der Waals surface area contributed by atoms with Gasteiger partial charge in [0, 0.05) is 37.3 Å². The second-order valence-corrected chi connectivity index (χ2v) is 7.08. The van der Waals surface area contributed by atoms with E-state index in [1.165, 1.54) is 11.1 Å². The van der Waals surface area contributed by atoms with Crippen molar-refractivity contribution in [1.82, 2.24) is 15.1 Å². The van der Waals surface area contributed by atoms with E-state index in [2.05, 4.69) is 45.2 Å². The summed E-state index contributed by atoms with van der Waals surface area (Å²) in [4.78, 5) is 16.4. The van der Waals surface area contributed by atoms with Gasteiger partial charge >= 0.3 is 0 Å². The Hall–Kier alpha value is -2.34. The average Bonchev–Trinajstić information content (AvgIpc) is 3.04. The quantitative estimate of drug-likeness (QED) is 0.927. The summed E-state index contributed by atoms with van der Waals surface area (Å²) >= 11 is 0. The third-order valence-electron chi connectivity index (χ3n) is 5.32. The molecule has 1 N–H and O–H groups in total. The molecular weight excluding hydrogens is 316 g/mol. The fraction of sp³-hybridized carbons (Fsp3) is 0.474. The number of fused-ring (bicyclic) bond motifs is 1. The van der Waals surface area contributed by atoms with Gasteiger partial charge in [-0.15, -0.1) is 0 Å². The van der Waals surface area contributed by atoms with Crippen LogP contribution in [0.1, 0.15) is 29.5 Å². The van der Waals surface area contributed by atoms with Crippen LogP contribution in [0.2, 0.25) is 0 Å². The summed E-state index contributed by atoms with van der Waals surface area (Å²) in [6.45, 7) is 5.55. The lowest BCUT2D eigenvalue weighted by molar-refractivity contribution is 0.113. The van der Waals surface area contributed by atoms with E-state index >= 15 is 0 Å². The van der Waals surface area contributed by atoms with E-state index in [1.54, 1.807) is 6.20 Å². The summed E-state index contributed by atoms with van der Waals surface area (Å²) in [5, 5.41) is 6.45. The van der Waals surface area contributed by atoms with Gasteiger partial charge in [0.15, 0.2) is 0 Å². The van der Waals surface area contributed by atoms with Crippen molar-refractivity contribution < 1.29 is 4.74 Å². The predicted octanol–water partition coefficient (Wildman–Crippen LogP) is 2.07. The van der Waals surface area contributed by atoms with Gasteiger partial charge in [-0.3, -0.25) is 4.79 Å². The second kappa shape index (κ2) is 6.52. The first-order valence-corrected chi connectivity index (χ1v) is 8.87. The van der Waals surface area contributed by atoms with Gasteiger partial charge in [-0.1, -0.05) is 12.1 Å². The molecule has 6 nitrogen and oxygen atoms in total. The van der Waals surface area contributed by atoms with Gasteiger partial charge in [-0.05, 0) is 38.4 Å². The van der Waals surface area contributed by atoms with Gasteiger partial charge in [0.05, 0.1) is 11.9 Å². The van der Waals surface area contributed by atoms with Crippen LogP contribution in [0.5, 0.6) is 5.75 Å². The van der Waals surface area contributed by atoms with E-state index in [1.807, 2.05) is 6.92 Å².